The van der Waals surface area contributed by atoms with Gasteiger partial charge in [0.2, 0.25) is 0 Å². The third kappa shape index (κ3) is 1.91. The lowest BCUT2D eigenvalue weighted by molar-refractivity contribution is 0.283. The SMILES string of the molecule is OCCN(c1nccc2sccc12)C1CCC1. The zero-order valence-electron chi connectivity index (χ0n) is 9.67. The molecule has 0 spiro atoms. The molecule has 1 N–H and O–H groups in total. The van der Waals surface area contributed by atoms with Crippen molar-refractivity contribution in [2.45, 2.75) is 25.3 Å². The number of aliphatic hydroxyl groups is 1. The highest BCUT2D eigenvalue weighted by atomic mass is 32.1. The summed E-state index contributed by atoms with van der Waals surface area (Å²) in [4.78, 5) is 6.80. The molecule has 0 aromatic carbocycles. The number of hydrogen-bond acceptors (Lipinski definition) is 4. The molecular formula is C13H16N2OS. The van der Waals surface area contributed by atoms with E-state index in [9.17, 15) is 5.11 Å². The summed E-state index contributed by atoms with van der Waals surface area (Å²) in [7, 11) is 0. The molecule has 1 aliphatic carbocycles. The summed E-state index contributed by atoms with van der Waals surface area (Å²) in [6.07, 6.45) is 5.62. The molecule has 17 heavy (non-hydrogen) atoms. The molecule has 1 saturated carbocycles. The van der Waals surface area contributed by atoms with Crippen LogP contribution in [0.5, 0.6) is 0 Å². The number of nitrogens with zero attached hydrogens (tertiary/aromatic N) is 2. The Kier molecular flexibility index (Phi) is 2.99. The lowest BCUT2D eigenvalue weighted by Gasteiger charge is -2.38. The van der Waals surface area contributed by atoms with Gasteiger partial charge in [-0.25, -0.2) is 4.98 Å². The molecule has 0 amide bonds. The Morgan fingerprint density at radius 1 is 1.41 bits per heavy atom. The minimum Gasteiger partial charge on any atom is -0.395 e. The molecule has 3 rings (SSSR count). The molecule has 4 heteroatoms. The molecule has 0 aliphatic heterocycles. The Morgan fingerprint density at radius 2 is 2.29 bits per heavy atom. The summed E-state index contributed by atoms with van der Waals surface area (Å²) in [6, 6.07) is 4.76. The first-order valence-corrected chi connectivity index (χ1v) is 6.98. The second kappa shape index (κ2) is 4.63. The normalized spacial score (nSPS) is 16.1. The smallest absolute Gasteiger partial charge is 0.137 e. The fourth-order valence-electron chi connectivity index (χ4n) is 2.38. The van der Waals surface area contributed by atoms with Gasteiger partial charge in [-0.2, -0.15) is 0 Å². The van der Waals surface area contributed by atoms with Gasteiger partial charge in [0, 0.05) is 28.9 Å². The van der Waals surface area contributed by atoms with Crippen LogP contribution in [0.1, 0.15) is 19.3 Å². The number of aromatic nitrogens is 1. The lowest BCUT2D eigenvalue weighted by Crippen LogP contribution is -2.42. The molecule has 90 valence electrons. The molecule has 0 saturated heterocycles. The van der Waals surface area contributed by atoms with Crippen molar-refractivity contribution in [2.75, 3.05) is 18.1 Å². The van der Waals surface area contributed by atoms with Crippen molar-refractivity contribution in [3.8, 4) is 0 Å². The maximum atomic E-state index is 9.22. The summed E-state index contributed by atoms with van der Waals surface area (Å²) in [6.45, 7) is 0.880. The zero-order chi connectivity index (χ0) is 11.7. The second-order valence-electron chi connectivity index (χ2n) is 4.47. The predicted octanol–water partition coefficient (Wildman–Crippen LogP) is 2.65. The van der Waals surface area contributed by atoms with E-state index in [0.717, 1.165) is 5.82 Å². The van der Waals surface area contributed by atoms with Gasteiger partial charge in [-0.05, 0) is 36.8 Å². The molecule has 3 nitrogen and oxygen atoms in total. The molecule has 0 radical (unpaired) electrons. The maximum Gasteiger partial charge on any atom is 0.137 e. The van der Waals surface area contributed by atoms with Crippen LogP contribution in [0.2, 0.25) is 0 Å². The first-order valence-electron chi connectivity index (χ1n) is 6.10. The number of fused-ring (bicyclic) bond motifs is 1. The van der Waals surface area contributed by atoms with Gasteiger partial charge in [-0.1, -0.05) is 0 Å². The van der Waals surface area contributed by atoms with Crippen LogP contribution in [-0.2, 0) is 0 Å². The first-order chi connectivity index (χ1) is 8.40. The van der Waals surface area contributed by atoms with E-state index in [1.165, 1.54) is 29.3 Å². The minimum atomic E-state index is 0.193. The quantitative estimate of drug-likeness (QED) is 0.903. The van der Waals surface area contributed by atoms with E-state index >= 15 is 0 Å². The van der Waals surface area contributed by atoms with Crippen LogP contribution in [0.15, 0.2) is 23.7 Å². The van der Waals surface area contributed by atoms with Gasteiger partial charge in [0.05, 0.1) is 6.61 Å². The fourth-order valence-corrected chi connectivity index (χ4v) is 3.15. The van der Waals surface area contributed by atoms with Gasteiger partial charge in [0.15, 0.2) is 0 Å². The van der Waals surface area contributed by atoms with Crippen LogP contribution in [0.4, 0.5) is 5.82 Å². The molecule has 2 aromatic rings. The van der Waals surface area contributed by atoms with Crippen molar-refractivity contribution < 1.29 is 5.11 Å². The van der Waals surface area contributed by atoms with Crippen LogP contribution >= 0.6 is 11.3 Å². The summed E-state index contributed by atoms with van der Waals surface area (Å²) >= 11 is 1.75. The zero-order valence-corrected chi connectivity index (χ0v) is 10.5. The van der Waals surface area contributed by atoms with E-state index in [2.05, 4.69) is 27.4 Å². The Balaban J connectivity index is 2.01. The van der Waals surface area contributed by atoms with Gasteiger partial charge in [0.1, 0.15) is 5.82 Å². The highest BCUT2D eigenvalue weighted by molar-refractivity contribution is 7.17. The van der Waals surface area contributed by atoms with Gasteiger partial charge < -0.3 is 10.0 Å². The molecular weight excluding hydrogens is 232 g/mol. The summed E-state index contributed by atoms with van der Waals surface area (Å²) in [5.41, 5.74) is 0. The van der Waals surface area contributed by atoms with Gasteiger partial charge in [-0.15, -0.1) is 11.3 Å². The summed E-state index contributed by atoms with van der Waals surface area (Å²) in [5, 5.41) is 12.5. The monoisotopic (exact) mass is 248 g/mol. The highest BCUT2D eigenvalue weighted by Crippen LogP contribution is 2.34. The van der Waals surface area contributed by atoms with E-state index in [-0.39, 0.29) is 6.61 Å². The summed E-state index contributed by atoms with van der Waals surface area (Å²) in [5.74, 6) is 1.04. The molecule has 2 heterocycles. The predicted molar refractivity (Wildman–Crippen MR) is 71.7 cm³/mol. The van der Waals surface area contributed by atoms with E-state index in [1.807, 2.05) is 6.20 Å². The molecule has 0 bridgehead atoms. The Bertz CT molecular complexity index is 507. The third-order valence-electron chi connectivity index (χ3n) is 3.49. The van der Waals surface area contributed by atoms with Crippen LogP contribution < -0.4 is 4.90 Å². The highest BCUT2D eigenvalue weighted by Gasteiger charge is 2.26. The number of thiophene rings is 1. The van der Waals surface area contributed by atoms with E-state index in [4.69, 9.17) is 0 Å². The van der Waals surface area contributed by atoms with E-state index < -0.39 is 0 Å². The van der Waals surface area contributed by atoms with Crippen LogP contribution in [0, 0.1) is 0 Å². The lowest BCUT2D eigenvalue weighted by atomic mass is 9.91. The van der Waals surface area contributed by atoms with Crippen molar-refractivity contribution in [3.63, 3.8) is 0 Å². The van der Waals surface area contributed by atoms with Crippen molar-refractivity contribution in [1.29, 1.82) is 0 Å². The summed E-state index contributed by atoms with van der Waals surface area (Å²) < 4.78 is 1.28. The van der Waals surface area contributed by atoms with Crippen LogP contribution in [0.25, 0.3) is 10.1 Å². The van der Waals surface area contributed by atoms with Gasteiger partial charge in [-0.3, -0.25) is 0 Å². The number of rotatable bonds is 4. The van der Waals surface area contributed by atoms with Gasteiger partial charge >= 0.3 is 0 Å². The molecule has 1 aliphatic rings. The van der Waals surface area contributed by atoms with E-state index in [0.29, 0.717) is 12.6 Å². The molecule has 0 unspecified atom stereocenters. The number of pyridine rings is 1. The Labute approximate surface area is 105 Å². The Hall–Kier alpha value is -1.13. The average Bonchev–Trinajstić information content (AvgIpc) is 2.73. The molecule has 0 atom stereocenters. The van der Waals surface area contributed by atoms with Crippen LogP contribution in [0.3, 0.4) is 0 Å². The standard InChI is InChI=1S/C13H16N2OS/c16-8-7-15(10-2-1-3-10)13-11-5-9-17-12(11)4-6-14-13/h4-6,9-10,16H,1-3,7-8H2. The second-order valence-corrected chi connectivity index (χ2v) is 5.42. The van der Waals surface area contributed by atoms with Crippen molar-refractivity contribution in [2.24, 2.45) is 0 Å². The van der Waals surface area contributed by atoms with Crippen molar-refractivity contribution >= 4 is 27.2 Å². The number of aliphatic hydroxyl groups excluding tert-OH is 1. The third-order valence-corrected chi connectivity index (χ3v) is 4.37. The van der Waals surface area contributed by atoms with Crippen molar-refractivity contribution in [3.05, 3.63) is 23.7 Å². The Morgan fingerprint density at radius 3 is 3.00 bits per heavy atom. The topological polar surface area (TPSA) is 36.4 Å². The van der Waals surface area contributed by atoms with Crippen molar-refractivity contribution in [1.82, 2.24) is 4.98 Å². The average molecular weight is 248 g/mol. The maximum absolute atomic E-state index is 9.22. The minimum absolute atomic E-state index is 0.193. The fraction of sp³-hybridized carbons (Fsp3) is 0.462. The van der Waals surface area contributed by atoms with Gasteiger partial charge in [0.25, 0.3) is 0 Å². The first kappa shape index (κ1) is 11.0. The number of anilines is 1. The largest absolute Gasteiger partial charge is 0.395 e. The van der Waals surface area contributed by atoms with Crippen LogP contribution in [-0.4, -0.2) is 29.3 Å². The van der Waals surface area contributed by atoms with E-state index in [1.54, 1.807) is 11.3 Å². The molecule has 1 fully saturated rings. The molecule has 2 aromatic heterocycles. The number of hydrogen-bond donors (Lipinski definition) is 1.